The van der Waals surface area contributed by atoms with Gasteiger partial charge in [0.05, 0.1) is 5.52 Å². The number of aromatic nitrogens is 1. The zero-order valence-corrected chi connectivity index (χ0v) is 10.2. The molecule has 1 aliphatic heterocycles. The fourth-order valence-electron chi connectivity index (χ4n) is 2.61. The maximum Gasteiger partial charge on any atom is 0.165 e. The summed E-state index contributed by atoms with van der Waals surface area (Å²) in [6.07, 6.45) is 4.63. The second-order valence-corrected chi connectivity index (χ2v) is 4.80. The summed E-state index contributed by atoms with van der Waals surface area (Å²) in [6.45, 7) is 1.04. The molecule has 18 heavy (non-hydrogen) atoms. The molecule has 0 amide bonds. The molecule has 1 aliphatic rings. The van der Waals surface area contributed by atoms with Gasteiger partial charge in [0.2, 0.25) is 0 Å². The van der Waals surface area contributed by atoms with Crippen LogP contribution in [0.25, 0.3) is 10.9 Å². The maximum atomic E-state index is 12.3. The van der Waals surface area contributed by atoms with Crippen LogP contribution in [0.4, 0.5) is 0 Å². The number of ketones is 1. The van der Waals surface area contributed by atoms with E-state index in [4.69, 9.17) is 0 Å². The van der Waals surface area contributed by atoms with Crippen LogP contribution in [-0.2, 0) is 0 Å². The summed E-state index contributed by atoms with van der Waals surface area (Å²) >= 11 is 0. The van der Waals surface area contributed by atoms with E-state index in [9.17, 15) is 4.79 Å². The van der Waals surface area contributed by atoms with Crippen LogP contribution < -0.4 is 5.32 Å². The average Bonchev–Trinajstić information content (AvgIpc) is 2.91. The predicted molar refractivity (Wildman–Crippen MR) is 71.7 cm³/mol. The van der Waals surface area contributed by atoms with Crippen molar-refractivity contribution in [3.05, 3.63) is 42.1 Å². The molecule has 0 saturated carbocycles. The number of nitrogens with zero attached hydrogens (tertiary/aromatic N) is 1. The normalized spacial score (nSPS) is 19.2. The Morgan fingerprint density at radius 3 is 3.11 bits per heavy atom. The third kappa shape index (κ3) is 2.14. The van der Waals surface area contributed by atoms with Crippen molar-refractivity contribution in [2.75, 3.05) is 6.54 Å². The van der Waals surface area contributed by atoms with Crippen LogP contribution in [0.1, 0.15) is 29.6 Å². The molecule has 1 N–H and O–H groups in total. The zero-order valence-electron chi connectivity index (χ0n) is 10.2. The summed E-state index contributed by atoms with van der Waals surface area (Å²) in [5.41, 5.74) is 1.69. The van der Waals surface area contributed by atoms with Gasteiger partial charge in [-0.25, -0.2) is 0 Å². The largest absolute Gasteiger partial charge is 0.314 e. The summed E-state index contributed by atoms with van der Waals surface area (Å²) in [6, 6.07) is 9.96. The molecule has 3 heteroatoms. The van der Waals surface area contributed by atoms with Crippen LogP contribution in [0.2, 0.25) is 0 Å². The van der Waals surface area contributed by atoms with E-state index >= 15 is 0 Å². The number of carbonyl (C=O) groups excluding carboxylic acids is 1. The maximum absolute atomic E-state index is 12.3. The Labute approximate surface area is 106 Å². The van der Waals surface area contributed by atoms with E-state index in [1.54, 1.807) is 6.20 Å². The number of pyridine rings is 1. The Kier molecular flexibility index (Phi) is 3.07. The van der Waals surface area contributed by atoms with Gasteiger partial charge >= 0.3 is 0 Å². The van der Waals surface area contributed by atoms with Crippen LogP contribution in [0.3, 0.4) is 0 Å². The lowest BCUT2D eigenvalue weighted by Crippen LogP contribution is -2.24. The molecule has 1 aromatic carbocycles. The monoisotopic (exact) mass is 240 g/mol. The van der Waals surface area contributed by atoms with Crippen molar-refractivity contribution in [2.24, 2.45) is 0 Å². The summed E-state index contributed by atoms with van der Waals surface area (Å²) in [5.74, 6) is 0.216. The molecule has 3 nitrogen and oxygen atoms in total. The lowest BCUT2D eigenvalue weighted by atomic mass is 9.99. The van der Waals surface area contributed by atoms with Crippen molar-refractivity contribution in [2.45, 2.75) is 25.3 Å². The molecule has 1 atom stereocenters. The summed E-state index contributed by atoms with van der Waals surface area (Å²) in [5, 5.41) is 4.33. The standard InChI is InChI=1S/C15H16N2O/c18-15(10-11-4-2-8-16-11)13-5-1-7-14-12(13)6-3-9-17-14/h1,3,5-7,9,11,16H,2,4,8,10H2. The number of carbonyl (C=O) groups is 1. The van der Waals surface area contributed by atoms with Gasteiger partial charge < -0.3 is 5.32 Å². The van der Waals surface area contributed by atoms with Crippen LogP contribution >= 0.6 is 0 Å². The second-order valence-electron chi connectivity index (χ2n) is 4.80. The van der Waals surface area contributed by atoms with Crippen LogP contribution in [0.15, 0.2) is 36.5 Å². The van der Waals surface area contributed by atoms with Gasteiger partial charge in [-0.05, 0) is 31.5 Å². The zero-order chi connectivity index (χ0) is 12.4. The smallest absolute Gasteiger partial charge is 0.165 e. The predicted octanol–water partition coefficient (Wildman–Crippen LogP) is 2.56. The van der Waals surface area contributed by atoms with Crippen LogP contribution in [0, 0.1) is 0 Å². The second kappa shape index (κ2) is 4.86. The first-order valence-electron chi connectivity index (χ1n) is 6.45. The van der Waals surface area contributed by atoms with Gasteiger partial charge in [-0.2, -0.15) is 0 Å². The van der Waals surface area contributed by atoms with Gasteiger partial charge in [-0.3, -0.25) is 9.78 Å². The van der Waals surface area contributed by atoms with Crippen molar-refractivity contribution in [1.82, 2.24) is 10.3 Å². The lowest BCUT2D eigenvalue weighted by Gasteiger charge is -2.10. The molecule has 3 rings (SSSR count). The Morgan fingerprint density at radius 1 is 1.33 bits per heavy atom. The fraction of sp³-hybridized carbons (Fsp3) is 0.333. The highest BCUT2D eigenvalue weighted by molar-refractivity contribution is 6.07. The summed E-state index contributed by atoms with van der Waals surface area (Å²) < 4.78 is 0. The molecular formula is C15H16N2O. The van der Waals surface area contributed by atoms with E-state index in [0.717, 1.165) is 29.4 Å². The number of hydrogen-bond acceptors (Lipinski definition) is 3. The molecule has 92 valence electrons. The topological polar surface area (TPSA) is 42.0 Å². The average molecular weight is 240 g/mol. The summed E-state index contributed by atoms with van der Waals surface area (Å²) in [7, 11) is 0. The van der Waals surface area contributed by atoms with Crippen molar-refractivity contribution in [1.29, 1.82) is 0 Å². The lowest BCUT2D eigenvalue weighted by molar-refractivity contribution is 0.0973. The third-order valence-corrected chi connectivity index (χ3v) is 3.54. The number of rotatable bonds is 3. The number of nitrogens with one attached hydrogen (secondary N) is 1. The highest BCUT2D eigenvalue weighted by atomic mass is 16.1. The van der Waals surface area contributed by atoms with Gasteiger partial charge in [-0.15, -0.1) is 0 Å². The van der Waals surface area contributed by atoms with E-state index in [0.29, 0.717) is 12.5 Å². The Hall–Kier alpha value is -1.74. The molecule has 2 aromatic rings. The quantitative estimate of drug-likeness (QED) is 0.838. The molecule has 0 radical (unpaired) electrons. The summed E-state index contributed by atoms with van der Waals surface area (Å²) in [4.78, 5) is 16.6. The van der Waals surface area contributed by atoms with Gasteiger partial charge in [-0.1, -0.05) is 18.2 Å². The molecule has 0 bridgehead atoms. The minimum absolute atomic E-state index is 0.216. The van der Waals surface area contributed by atoms with Crippen LogP contribution in [0.5, 0.6) is 0 Å². The first kappa shape index (κ1) is 11.4. The van der Waals surface area contributed by atoms with Gasteiger partial charge in [0.1, 0.15) is 0 Å². The molecule has 2 heterocycles. The molecule has 0 spiro atoms. The third-order valence-electron chi connectivity index (χ3n) is 3.54. The van der Waals surface area contributed by atoms with Crippen molar-refractivity contribution >= 4 is 16.7 Å². The Morgan fingerprint density at radius 2 is 2.28 bits per heavy atom. The number of Topliss-reactive ketones (excluding diaryl/α,β-unsaturated/α-hetero) is 1. The number of benzene rings is 1. The Bertz CT molecular complexity index is 568. The molecule has 1 fully saturated rings. The van der Waals surface area contributed by atoms with Crippen LogP contribution in [-0.4, -0.2) is 23.4 Å². The van der Waals surface area contributed by atoms with Gasteiger partial charge in [0.25, 0.3) is 0 Å². The highest BCUT2D eigenvalue weighted by Gasteiger charge is 2.19. The molecule has 1 unspecified atom stereocenters. The number of hydrogen-bond donors (Lipinski definition) is 1. The van der Waals surface area contributed by atoms with E-state index in [1.165, 1.54) is 6.42 Å². The molecule has 1 saturated heterocycles. The van der Waals surface area contributed by atoms with Crippen molar-refractivity contribution < 1.29 is 4.79 Å². The minimum Gasteiger partial charge on any atom is -0.314 e. The minimum atomic E-state index is 0.216. The van der Waals surface area contributed by atoms with E-state index < -0.39 is 0 Å². The molecular weight excluding hydrogens is 224 g/mol. The van der Waals surface area contributed by atoms with E-state index in [2.05, 4.69) is 10.3 Å². The van der Waals surface area contributed by atoms with Crippen molar-refractivity contribution in [3.8, 4) is 0 Å². The number of fused-ring (bicyclic) bond motifs is 1. The van der Waals surface area contributed by atoms with E-state index in [-0.39, 0.29) is 5.78 Å². The fourth-order valence-corrected chi connectivity index (χ4v) is 2.61. The van der Waals surface area contributed by atoms with Gasteiger partial charge in [0.15, 0.2) is 5.78 Å². The van der Waals surface area contributed by atoms with E-state index in [1.807, 2.05) is 30.3 Å². The molecule has 1 aromatic heterocycles. The first-order chi connectivity index (χ1) is 8.84. The Balaban J connectivity index is 1.91. The SMILES string of the molecule is O=C(CC1CCCN1)c1cccc2ncccc12. The highest BCUT2D eigenvalue weighted by Crippen LogP contribution is 2.20. The molecule has 0 aliphatic carbocycles. The first-order valence-corrected chi connectivity index (χ1v) is 6.45. The van der Waals surface area contributed by atoms with Crippen molar-refractivity contribution in [3.63, 3.8) is 0 Å². The van der Waals surface area contributed by atoms with Gasteiger partial charge in [0, 0.05) is 29.6 Å².